The number of nitrogens with zero attached hydrogens (tertiary/aromatic N) is 1. The average molecular weight is 540 g/mol. The number of nitrogens with one attached hydrogen (secondary N) is 1. The van der Waals surface area contributed by atoms with Crippen LogP contribution in [-0.4, -0.2) is 11.1 Å². The maximum atomic E-state index is 12.4. The van der Waals surface area contributed by atoms with Gasteiger partial charge >= 0.3 is 0 Å². The lowest BCUT2D eigenvalue weighted by Crippen LogP contribution is -2.19. The molecule has 1 fully saturated rings. The predicted octanol–water partition coefficient (Wildman–Crippen LogP) is 6.38. The molecule has 1 amide bonds. The fourth-order valence-corrected chi connectivity index (χ4v) is 4.20. The highest BCUT2D eigenvalue weighted by Gasteiger charge is 2.24. The van der Waals surface area contributed by atoms with Crippen LogP contribution in [0.5, 0.6) is 5.75 Å². The largest absolute Gasteiger partial charge is 0.489 e. The van der Waals surface area contributed by atoms with Gasteiger partial charge in [0.05, 0.1) is 10.6 Å². The summed E-state index contributed by atoms with van der Waals surface area (Å²) in [5.74, 6) is 0.662. The van der Waals surface area contributed by atoms with Gasteiger partial charge in [-0.2, -0.15) is 0 Å². The topological polar surface area (TPSA) is 50.7 Å². The Balaban J connectivity index is 1.42. The van der Waals surface area contributed by atoms with Gasteiger partial charge in [-0.1, -0.05) is 36.4 Å². The number of halogens is 1. The number of aliphatic imine (C=N–C) groups is 1. The molecule has 0 saturated carbocycles. The van der Waals surface area contributed by atoms with Crippen LogP contribution in [0.2, 0.25) is 0 Å². The monoisotopic (exact) mass is 540 g/mol. The minimum absolute atomic E-state index is 0.131. The van der Waals surface area contributed by atoms with E-state index < -0.39 is 0 Å². The Labute approximate surface area is 200 Å². The first-order valence-corrected chi connectivity index (χ1v) is 11.7. The Morgan fingerprint density at radius 1 is 1.03 bits per heavy atom. The molecule has 1 N–H and O–H groups in total. The quantitative estimate of drug-likeness (QED) is 0.302. The van der Waals surface area contributed by atoms with Gasteiger partial charge in [0.15, 0.2) is 5.17 Å². The first-order valence-electron chi connectivity index (χ1n) is 9.81. The fraction of sp³-hybridized carbons (Fsp3) is 0.120. The minimum Gasteiger partial charge on any atom is -0.489 e. The normalized spacial score (nSPS) is 16.0. The lowest BCUT2D eigenvalue weighted by atomic mass is 10.1. The number of aryl methyl sites for hydroxylation is 1. The molecule has 0 atom stereocenters. The number of benzene rings is 3. The van der Waals surface area contributed by atoms with Crippen LogP contribution >= 0.6 is 34.4 Å². The number of amides is 1. The van der Waals surface area contributed by atoms with E-state index in [0.717, 1.165) is 28.1 Å². The van der Waals surface area contributed by atoms with E-state index in [1.807, 2.05) is 49.4 Å². The van der Waals surface area contributed by atoms with Crippen LogP contribution in [0, 0.1) is 17.4 Å². The number of rotatable bonds is 5. The summed E-state index contributed by atoms with van der Waals surface area (Å²) >= 11 is 3.64. The molecule has 0 aliphatic carbocycles. The van der Waals surface area contributed by atoms with E-state index in [0.29, 0.717) is 16.7 Å². The Hall–Kier alpha value is -2.58. The molecule has 0 spiro atoms. The zero-order valence-corrected chi connectivity index (χ0v) is 20.2. The number of carbonyl (C=O) groups is 1. The second-order valence-corrected chi connectivity index (χ2v) is 9.46. The van der Waals surface area contributed by atoms with Gasteiger partial charge in [0, 0.05) is 3.57 Å². The Morgan fingerprint density at radius 3 is 2.52 bits per heavy atom. The number of hydrogen-bond acceptors (Lipinski definition) is 4. The lowest BCUT2D eigenvalue weighted by Gasteiger charge is -2.07. The molecule has 4 nitrogen and oxygen atoms in total. The van der Waals surface area contributed by atoms with Crippen molar-refractivity contribution >= 4 is 57.2 Å². The van der Waals surface area contributed by atoms with Crippen molar-refractivity contribution in [1.82, 2.24) is 5.32 Å². The number of carbonyl (C=O) groups excluding carboxylic acids is 1. The second-order valence-electron chi connectivity index (χ2n) is 7.18. The molecule has 1 heterocycles. The first kappa shape index (κ1) is 21.6. The zero-order chi connectivity index (χ0) is 21.8. The molecule has 1 aliphatic heterocycles. The zero-order valence-electron chi connectivity index (χ0n) is 17.2. The average Bonchev–Trinajstić information content (AvgIpc) is 3.10. The maximum absolute atomic E-state index is 12.4. The highest BCUT2D eigenvalue weighted by Crippen LogP contribution is 2.30. The van der Waals surface area contributed by atoms with E-state index in [1.54, 1.807) is 0 Å². The second kappa shape index (κ2) is 9.70. The molecule has 1 saturated heterocycles. The number of ether oxygens (including phenoxy) is 1. The van der Waals surface area contributed by atoms with Gasteiger partial charge < -0.3 is 10.1 Å². The van der Waals surface area contributed by atoms with Gasteiger partial charge in [0.25, 0.3) is 5.91 Å². The molecule has 0 unspecified atom stereocenters. The summed E-state index contributed by atoms with van der Waals surface area (Å²) in [6.45, 7) is 4.61. The molecule has 0 radical (unpaired) electrons. The van der Waals surface area contributed by atoms with E-state index in [1.165, 1.54) is 20.9 Å². The third-order valence-corrected chi connectivity index (χ3v) is 6.57. The Morgan fingerprint density at radius 2 is 1.77 bits per heavy atom. The van der Waals surface area contributed by atoms with Crippen molar-refractivity contribution in [2.24, 2.45) is 4.99 Å². The smallest absolute Gasteiger partial charge is 0.264 e. The van der Waals surface area contributed by atoms with E-state index in [-0.39, 0.29) is 5.91 Å². The SMILES string of the molecule is Cc1cccc(N=C2NC(=O)/C(=C/c3ccc(OCc4ccc(I)cc4)cc3)S2)c1C. The summed E-state index contributed by atoms with van der Waals surface area (Å²) < 4.78 is 7.06. The van der Waals surface area contributed by atoms with Crippen molar-refractivity contribution in [3.05, 3.63) is 97.5 Å². The first-order chi connectivity index (χ1) is 15.0. The minimum atomic E-state index is -0.131. The third kappa shape index (κ3) is 5.57. The molecular formula is C25H21IN2O2S. The van der Waals surface area contributed by atoms with Crippen LogP contribution in [0.1, 0.15) is 22.3 Å². The van der Waals surface area contributed by atoms with Crippen LogP contribution in [0.4, 0.5) is 5.69 Å². The highest BCUT2D eigenvalue weighted by atomic mass is 127. The third-order valence-electron chi connectivity index (χ3n) is 4.95. The van der Waals surface area contributed by atoms with E-state index in [9.17, 15) is 4.79 Å². The highest BCUT2D eigenvalue weighted by molar-refractivity contribution is 14.1. The molecule has 3 aromatic rings. The summed E-state index contributed by atoms with van der Waals surface area (Å²) in [6, 6.07) is 22.0. The van der Waals surface area contributed by atoms with Crippen molar-refractivity contribution in [2.75, 3.05) is 0 Å². The number of hydrogen-bond donors (Lipinski definition) is 1. The Bertz CT molecular complexity index is 1170. The van der Waals surface area contributed by atoms with E-state index in [4.69, 9.17) is 4.74 Å². The van der Waals surface area contributed by atoms with E-state index in [2.05, 4.69) is 70.2 Å². The molecule has 6 heteroatoms. The maximum Gasteiger partial charge on any atom is 0.264 e. The molecular weight excluding hydrogens is 519 g/mol. The summed E-state index contributed by atoms with van der Waals surface area (Å²) in [6.07, 6.45) is 1.87. The van der Waals surface area contributed by atoms with Gasteiger partial charge in [-0.05, 0) is 107 Å². The van der Waals surface area contributed by atoms with Gasteiger partial charge in [0.2, 0.25) is 0 Å². The van der Waals surface area contributed by atoms with Gasteiger partial charge in [0.1, 0.15) is 12.4 Å². The molecule has 156 valence electrons. The van der Waals surface area contributed by atoms with Crippen molar-refractivity contribution in [2.45, 2.75) is 20.5 Å². The molecule has 3 aromatic carbocycles. The number of amidine groups is 1. The molecule has 1 aliphatic rings. The molecule has 0 bridgehead atoms. The van der Waals surface area contributed by atoms with E-state index >= 15 is 0 Å². The van der Waals surface area contributed by atoms with Crippen LogP contribution < -0.4 is 10.1 Å². The van der Waals surface area contributed by atoms with Gasteiger partial charge in [-0.3, -0.25) is 4.79 Å². The van der Waals surface area contributed by atoms with Crippen LogP contribution in [0.3, 0.4) is 0 Å². The van der Waals surface area contributed by atoms with Crippen LogP contribution in [-0.2, 0) is 11.4 Å². The predicted molar refractivity (Wildman–Crippen MR) is 137 cm³/mol. The van der Waals surface area contributed by atoms with Gasteiger partial charge in [-0.25, -0.2) is 4.99 Å². The standard InChI is InChI=1S/C25H21IN2O2S/c1-16-4-3-5-22(17(16)2)27-25-28-24(29)23(31-25)14-18-8-12-21(13-9-18)30-15-19-6-10-20(26)11-7-19/h3-14H,15H2,1-2H3,(H,27,28,29)/b23-14-. The van der Waals surface area contributed by atoms with Crippen LogP contribution in [0.15, 0.2) is 76.6 Å². The van der Waals surface area contributed by atoms with Gasteiger partial charge in [-0.15, -0.1) is 0 Å². The lowest BCUT2D eigenvalue weighted by molar-refractivity contribution is -0.115. The van der Waals surface area contributed by atoms with Crippen molar-refractivity contribution in [1.29, 1.82) is 0 Å². The summed E-state index contributed by atoms with van der Waals surface area (Å²) in [7, 11) is 0. The molecule has 0 aromatic heterocycles. The van der Waals surface area contributed by atoms with Crippen molar-refractivity contribution < 1.29 is 9.53 Å². The van der Waals surface area contributed by atoms with Crippen molar-refractivity contribution in [3.8, 4) is 5.75 Å². The summed E-state index contributed by atoms with van der Waals surface area (Å²) in [4.78, 5) is 17.6. The molecule has 4 rings (SSSR count). The Kier molecular flexibility index (Phi) is 6.77. The van der Waals surface area contributed by atoms with Crippen molar-refractivity contribution in [3.63, 3.8) is 0 Å². The fourth-order valence-electron chi connectivity index (χ4n) is 3.01. The van der Waals surface area contributed by atoms with Crippen LogP contribution in [0.25, 0.3) is 6.08 Å². The summed E-state index contributed by atoms with van der Waals surface area (Å²) in [5.41, 5.74) is 5.23. The summed E-state index contributed by atoms with van der Waals surface area (Å²) in [5, 5.41) is 3.45. The number of thioether (sulfide) groups is 1. The molecule has 31 heavy (non-hydrogen) atoms.